The molecule has 4 aromatic rings. The zero-order chi connectivity index (χ0) is 17.9. The van der Waals surface area contributed by atoms with Crippen LogP contribution in [0.4, 0.5) is 0 Å². The number of benzene rings is 2. The molecule has 0 fully saturated rings. The summed E-state index contributed by atoms with van der Waals surface area (Å²) in [7, 11) is 1.60. The number of allylic oxidation sites excluding steroid dienone is 1. The van der Waals surface area contributed by atoms with Gasteiger partial charge in [0, 0.05) is 22.7 Å². The first-order chi connectivity index (χ1) is 12.8. The minimum atomic E-state index is -0.0585. The Bertz CT molecular complexity index is 1080. The average Bonchev–Trinajstić information content (AvgIpc) is 3.28. The average molecular weight is 360 g/mol. The monoisotopic (exact) mass is 360 g/mol. The van der Waals surface area contributed by atoms with E-state index >= 15 is 0 Å². The zero-order valence-electron chi connectivity index (χ0n) is 14.1. The predicted octanol–water partition coefficient (Wildman–Crippen LogP) is 4.97. The van der Waals surface area contributed by atoms with E-state index in [9.17, 15) is 4.79 Å². The lowest BCUT2D eigenvalue weighted by Gasteiger charge is -2.01. The highest BCUT2D eigenvalue weighted by molar-refractivity contribution is 7.15. The normalized spacial score (nSPS) is 11.3. The number of nitrogens with zero attached hydrogens (tertiary/aromatic N) is 2. The molecule has 2 aromatic carbocycles. The minimum Gasteiger partial charge on any atom is -0.497 e. The second-order valence-electron chi connectivity index (χ2n) is 5.69. The van der Waals surface area contributed by atoms with E-state index in [1.807, 2.05) is 52.4 Å². The summed E-state index contributed by atoms with van der Waals surface area (Å²) in [4.78, 5) is 18.1. The topological polar surface area (TPSA) is 43.6 Å². The van der Waals surface area contributed by atoms with Crippen LogP contribution in [0.15, 0.2) is 72.3 Å². The lowest BCUT2D eigenvalue weighted by Crippen LogP contribution is -1.95. The van der Waals surface area contributed by atoms with Crippen molar-refractivity contribution in [3.63, 3.8) is 0 Å². The Morgan fingerprint density at radius 1 is 1.12 bits per heavy atom. The number of fused-ring (bicyclic) bond motifs is 1. The molecule has 0 spiro atoms. The number of hydrogen-bond donors (Lipinski definition) is 0. The highest BCUT2D eigenvalue weighted by atomic mass is 32.1. The van der Waals surface area contributed by atoms with E-state index in [1.165, 1.54) is 0 Å². The second-order valence-corrected chi connectivity index (χ2v) is 6.57. The van der Waals surface area contributed by atoms with Crippen molar-refractivity contribution in [2.24, 2.45) is 0 Å². The molecular formula is C21H16N2O2S. The number of thiazole rings is 1. The minimum absolute atomic E-state index is 0.0585. The molecular weight excluding hydrogens is 344 g/mol. The summed E-state index contributed by atoms with van der Waals surface area (Å²) in [6.07, 6.45) is 5.40. The molecule has 0 radical (unpaired) electrons. The third-order valence-corrected chi connectivity index (χ3v) is 4.87. The van der Waals surface area contributed by atoms with Crippen LogP contribution >= 0.6 is 11.3 Å². The Morgan fingerprint density at radius 3 is 2.62 bits per heavy atom. The van der Waals surface area contributed by atoms with Crippen LogP contribution in [0, 0.1) is 0 Å². The quantitative estimate of drug-likeness (QED) is 0.373. The molecule has 5 heteroatoms. The Hall–Kier alpha value is -3.18. The lowest BCUT2D eigenvalue weighted by atomic mass is 10.1. The molecule has 0 amide bonds. The number of rotatable bonds is 5. The first kappa shape index (κ1) is 16.3. The predicted molar refractivity (Wildman–Crippen MR) is 105 cm³/mol. The molecule has 2 heterocycles. The third kappa shape index (κ3) is 3.05. The van der Waals surface area contributed by atoms with Crippen molar-refractivity contribution in [3.8, 4) is 17.0 Å². The SMILES string of the molecule is COc1ccc(C(=O)/C=C/c2c(-c3ccccc3)nc3sccn23)cc1. The first-order valence-electron chi connectivity index (χ1n) is 8.14. The Kier molecular flexibility index (Phi) is 4.37. The van der Waals surface area contributed by atoms with E-state index in [4.69, 9.17) is 9.72 Å². The standard InChI is InChI=1S/C21H16N2O2S/c1-25-17-9-7-15(8-10-17)19(24)12-11-18-20(16-5-3-2-4-6-16)22-21-23(18)13-14-26-21/h2-14H,1H3/b12-11+. The molecule has 128 valence electrons. The summed E-state index contributed by atoms with van der Waals surface area (Å²) in [5, 5.41) is 1.99. The van der Waals surface area contributed by atoms with Crippen LogP contribution in [-0.2, 0) is 0 Å². The van der Waals surface area contributed by atoms with Crippen molar-refractivity contribution < 1.29 is 9.53 Å². The van der Waals surface area contributed by atoms with Gasteiger partial charge in [-0.25, -0.2) is 4.98 Å². The van der Waals surface area contributed by atoms with E-state index in [1.54, 1.807) is 48.8 Å². The van der Waals surface area contributed by atoms with E-state index in [-0.39, 0.29) is 5.78 Å². The highest BCUT2D eigenvalue weighted by Crippen LogP contribution is 2.27. The van der Waals surface area contributed by atoms with E-state index in [0.29, 0.717) is 5.56 Å². The fourth-order valence-electron chi connectivity index (χ4n) is 2.78. The summed E-state index contributed by atoms with van der Waals surface area (Å²) in [6.45, 7) is 0. The smallest absolute Gasteiger partial charge is 0.194 e. The van der Waals surface area contributed by atoms with Crippen molar-refractivity contribution in [2.45, 2.75) is 0 Å². The molecule has 0 aliphatic rings. The van der Waals surface area contributed by atoms with Gasteiger partial charge in [0.2, 0.25) is 0 Å². The molecule has 0 saturated heterocycles. The van der Waals surface area contributed by atoms with Crippen LogP contribution in [0.1, 0.15) is 16.1 Å². The van der Waals surface area contributed by atoms with Gasteiger partial charge >= 0.3 is 0 Å². The van der Waals surface area contributed by atoms with Gasteiger partial charge in [0.1, 0.15) is 5.75 Å². The zero-order valence-corrected chi connectivity index (χ0v) is 14.9. The highest BCUT2D eigenvalue weighted by Gasteiger charge is 2.13. The maximum absolute atomic E-state index is 12.5. The fraction of sp³-hybridized carbons (Fsp3) is 0.0476. The molecule has 0 aliphatic heterocycles. The number of ether oxygens (including phenoxy) is 1. The van der Waals surface area contributed by atoms with Gasteiger partial charge in [0.05, 0.1) is 18.5 Å². The van der Waals surface area contributed by atoms with Crippen molar-refractivity contribution in [3.05, 3.63) is 83.5 Å². The van der Waals surface area contributed by atoms with E-state index in [0.717, 1.165) is 27.7 Å². The molecule has 0 N–H and O–H groups in total. The van der Waals surface area contributed by atoms with Crippen LogP contribution in [0.5, 0.6) is 5.75 Å². The number of hydrogen-bond acceptors (Lipinski definition) is 4. The summed E-state index contributed by atoms with van der Waals surface area (Å²) >= 11 is 1.57. The number of aromatic nitrogens is 2. The van der Waals surface area contributed by atoms with Gasteiger partial charge in [0.25, 0.3) is 0 Å². The number of methoxy groups -OCH3 is 1. The number of carbonyl (C=O) groups excluding carboxylic acids is 1. The van der Waals surface area contributed by atoms with Crippen molar-refractivity contribution in [1.29, 1.82) is 0 Å². The number of ketones is 1. The maximum atomic E-state index is 12.5. The van der Waals surface area contributed by atoms with Gasteiger partial charge in [-0.1, -0.05) is 30.3 Å². The van der Waals surface area contributed by atoms with Gasteiger partial charge < -0.3 is 4.74 Å². The Labute approximate surface area is 155 Å². The van der Waals surface area contributed by atoms with Gasteiger partial charge in [-0.3, -0.25) is 9.20 Å². The number of carbonyl (C=O) groups is 1. The van der Waals surface area contributed by atoms with Crippen LogP contribution in [-0.4, -0.2) is 22.3 Å². The molecule has 0 saturated carbocycles. The molecule has 26 heavy (non-hydrogen) atoms. The second kappa shape index (κ2) is 6.98. The summed E-state index contributed by atoms with van der Waals surface area (Å²) in [6, 6.07) is 17.1. The van der Waals surface area contributed by atoms with Gasteiger partial charge in [-0.05, 0) is 36.4 Å². The molecule has 4 nitrogen and oxygen atoms in total. The Morgan fingerprint density at radius 2 is 1.88 bits per heavy atom. The van der Waals surface area contributed by atoms with Crippen LogP contribution in [0.3, 0.4) is 0 Å². The summed E-state index contributed by atoms with van der Waals surface area (Å²) in [5.74, 6) is 0.671. The fourth-order valence-corrected chi connectivity index (χ4v) is 3.50. The van der Waals surface area contributed by atoms with Gasteiger partial charge in [-0.2, -0.15) is 0 Å². The molecule has 0 unspecified atom stereocenters. The van der Waals surface area contributed by atoms with Crippen molar-refractivity contribution in [1.82, 2.24) is 9.38 Å². The first-order valence-corrected chi connectivity index (χ1v) is 9.01. The molecule has 2 aromatic heterocycles. The molecule has 4 rings (SSSR count). The van der Waals surface area contributed by atoms with E-state index < -0.39 is 0 Å². The van der Waals surface area contributed by atoms with Crippen LogP contribution in [0.2, 0.25) is 0 Å². The van der Waals surface area contributed by atoms with Crippen LogP contribution in [0.25, 0.3) is 22.3 Å². The summed E-state index contributed by atoms with van der Waals surface area (Å²) < 4.78 is 7.14. The number of imidazole rings is 1. The van der Waals surface area contributed by atoms with Gasteiger partial charge in [-0.15, -0.1) is 11.3 Å². The molecule has 0 atom stereocenters. The lowest BCUT2D eigenvalue weighted by molar-refractivity contribution is 0.104. The van der Waals surface area contributed by atoms with Crippen LogP contribution < -0.4 is 4.74 Å². The Balaban J connectivity index is 1.70. The largest absolute Gasteiger partial charge is 0.497 e. The summed E-state index contributed by atoms with van der Waals surface area (Å²) in [5.41, 5.74) is 3.42. The molecule has 0 aliphatic carbocycles. The maximum Gasteiger partial charge on any atom is 0.194 e. The van der Waals surface area contributed by atoms with Crippen molar-refractivity contribution in [2.75, 3.05) is 7.11 Å². The van der Waals surface area contributed by atoms with E-state index in [2.05, 4.69) is 0 Å². The van der Waals surface area contributed by atoms with Gasteiger partial charge in [0.15, 0.2) is 10.7 Å². The third-order valence-electron chi connectivity index (χ3n) is 4.11. The van der Waals surface area contributed by atoms with Crippen molar-refractivity contribution >= 4 is 28.2 Å². The molecule has 0 bridgehead atoms.